The third-order valence-electron chi connectivity index (χ3n) is 10.7. The molecule has 228 valence electrons. The van der Waals surface area contributed by atoms with Gasteiger partial charge in [0.1, 0.15) is 17.6 Å². The fourth-order valence-corrected chi connectivity index (χ4v) is 7.85. The van der Waals surface area contributed by atoms with Crippen LogP contribution in [0.1, 0.15) is 74.1 Å². The van der Waals surface area contributed by atoms with Gasteiger partial charge in [-0.25, -0.2) is 0 Å². The molecule has 0 aromatic carbocycles. The molecule has 0 aromatic rings. The number of carbonyl (C=O) groups excluding carboxylic acids is 1. The van der Waals surface area contributed by atoms with Crippen LogP contribution >= 0.6 is 0 Å². The van der Waals surface area contributed by atoms with Gasteiger partial charge in [0.15, 0.2) is 5.79 Å². The molecule has 3 fully saturated rings. The van der Waals surface area contributed by atoms with E-state index in [0.717, 1.165) is 17.6 Å². The first-order valence-corrected chi connectivity index (χ1v) is 15.5. The molecule has 4 heterocycles. The average molecular weight is 571 g/mol. The molecule has 1 aliphatic carbocycles. The van der Waals surface area contributed by atoms with E-state index >= 15 is 0 Å². The first kappa shape index (κ1) is 30.7. The number of hydrogen-bond donors (Lipinski definition) is 1. The van der Waals surface area contributed by atoms with Crippen molar-refractivity contribution in [3.8, 4) is 0 Å². The summed E-state index contributed by atoms with van der Waals surface area (Å²) in [5.74, 6) is -1.19. The van der Waals surface area contributed by atoms with E-state index in [1.165, 1.54) is 0 Å². The van der Waals surface area contributed by atoms with Crippen LogP contribution in [0.5, 0.6) is 0 Å². The number of rotatable bonds is 1. The molecule has 0 amide bonds. The molecule has 4 aliphatic heterocycles. The molecule has 1 spiro atoms. The molecule has 12 unspecified atom stereocenters. The summed E-state index contributed by atoms with van der Waals surface area (Å²) < 4.78 is 31.8. The summed E-state index contributed by atoms with van der Waals surface area (Å²) in [7, 11) is 1.74. The van der Waals surface area contributed by atoms with Gasteiger partial charge < -0.3 is 28.8 Å². The lowest BCUT2D eigenvalue weighted by Crippen LogP contribution is -2.57. The first-order chi connectivity index (χ1) is 19.4. The first-order valence-electron chi connectivity index (χ1n) is 15.5. The summed E-state index contributed by atoms with van der Waals surface area (Å²) in [5.41, 5.74) is 1.38. The summed E-state index contributed by atoms with van der Waals surface area (Å²) in [6.45, 7) is 15.1. The smallest absolute Gasteiger partial charge is 0.316 e. The molecule has 5 aliphatic rings. The lowest BCUT2D eigenvalue weighted by atomic mass is 9.68. The highest BCUT2D eigenvalue weighted by Gasteiger charge is 2.59. The monoisotopic (exact) mass is 570 g/mol. The minimum Gasteiger partial charge on any atom is -0.462 e. The van der Waals surface area contributed by atoms with Crippen molar-refractivity contribution in [2.45, 2.75) is 116 Å². The normalized spacial score (nSPS) is 50.6. The molecule has 1 N–H and O–H groups in total. The molecule has 12 atom stereocenters. The van der Waals surface area contributed by atoms with Crippen molar-refractivity contribution in [1.82, 2.24) is 0 Å². The standard InChI is InChI=1S/C34H50O7/c1-19-10-9-11-26-18-38-31-24(6)21(3)14-29(34(26,31)36)32(35)39-28-15-27(13-12-20(2)30(19)37-8)41-33(17-28)16-22(4)23(5)25(7)40-33/h9-12,14,19,22-25,27-31,36H,13,15-18H2,1-8H3/b10-9+,20-12+,26-11+. The maximum absolute atomic E-state index is 14.0. The van der Waals surface area contributed by atoms with Crippen molar-refractivity contribution in [3.63, 3.8) is 0 Å². The Hall–Kier alpha value is -1.77. The number of fused-ring (bicyclic) bond motifs is 2. The Balaban J connectivity index is 1.55. The zero-order chi connectivity index (χ0) is 29.7. The van der Waals surface area contributed by atoms with Gasteiger partial charge in [-0.15, -0.1) is 0 Å². The van der Waals surface area contributed by atoms with Gasteiger partial charge in [0.05, 0.1) is 31.0 Å². The van der Waals surface area contributed by atoms with Gasteiger partial charge in [-0.3, -0.25) is 4.79 Å². The van der Waals surface area contributed by atoms with Gasteiger partial charge in [0.25, 0.3) is 0 Å². The molecule has 0 radical (unpaired) electrons. The summed E-state index contributed by atoms with van der Waals surface area (Å²) in [6, 6.07) is 0. The van der Waals surface area contributed by atoms with Gasteiger partial charge in [-0.1, -0.05) is 63.6 Å². The van der Waals surface area contributed by atoms with Crippen LogP contribution in [0.15, 0.2) is 47.1 Å². The summed E-state index contributed by atoms with van der Waals surface area (Å²) in [6.07, 6.45) is 11.4. The molecular weight excluding hydrogens is 520 g/mol. The van der Waals surface area contributed by atoms with E-state index in [9.17, 15) is 9.90 Å². The zero-order valence-corrected chi connectivity index (χ0v) is 26.1. The fourth-order valence-electron chi connectivity index (χ4n) is 7.85. The second-order valence-corrected chi connectivity index (χ2v) is 13.5. The van der Waals surface area contributed by atoms with Gasteiger partial charge in [-0.2, -0.15) is 0 Å². The van der Waals surface area contributed by atoms with Crippen molar-refractivity contribution >= 4 is 5.97 Å². The van der Waals surface area contributed by atoms with Crippen molar-refractivity contribution in [3.05, 3.63) is 47.1 Å². The Morgan fingerprint density at radius 3 is 2.49 bits per heavy atom. The number of methoxy groups -OCH3 is 1. The van der Waals surface area contributed by atoms with Crippen LogP contribution in [-0.2, 0) is 28.5 Å². The molecular formula is C34H50O7. The number of ether oxygens (including phenoxy) is 5. The van der Waals surface area contributed by atoms with Crippen molar-refractivity contribution in [2.75, 3.05) is 13.7 Å². The van der Waals surface area contributed by atoms with Crippen LogP contribution < -0.4 is 0 Å². The van der Waals surface area contributed by atoms with E-state index in [0.29, 0.717) is 36.7 Å². The third-order valence-corrected chi connectivity index (χ3v) is 10.7. The second-order valence-electron chi connectivity index (χ2n) is 13.5. The minimum atomic E-state index is -1.47. The van der Waals surface area contributed by atoms with Crippen molar-refractivity contribution in [1.29, 1.82) is 0 Å². The zero-order valence-electron chi connectivity index (χ0n) is 26.1. The van der Waals surface area contributed by atoms with Crippen LogP contribution in [0, 0.1) is 29.6 Å². The highest BCUT2D eigenvalue weighted by Crippen LogP contribution is 2.49. The lowest BCUT2D eigenvalue weighted by molar-refractivity contribution is -0.340. The van der Waals surface area contributed by atoms with Crippen LogP contribution in [0.3, 0.4) is 0 Å². The average Bonchev–Trinajstić information content (AvgIpc) is 3.25. The number of hydrogen-bond acceptors (Lipinski definition) is 7. The molecule has 7 heteroatoms. The van der Waals surface area contributed by atoms with E-state index in [1.54, 1.807) is 7.11 Å². The van der Waals surface area contributed by atoms with Crippen molar-refractivity contribution < 1.29 is 33.6 Å². The number of allylic oxidation sites excluding steroid dienone is 2. The molecule has 0 aromatic heterocycles. The third kappa shape index (κ3) is 5.65. The predicted molar refractivity (Wildman–Crippen MR) is 157 cm³/mol. The number of carbonyl (C=O) groups is 1. The molecule has 3 saturated heterocycles. The second kappa shape index (κ2) is 11.7. The summed E-state index contributed by atoms with van der Waals surface area (Å²) >= 11 is 0. The highest BCUT2D eigenvalue weighted by atomic mass is 16.7. The van der Waals surface area contributed by atoms with Gasteiger partial charge in [0.2, 0.25) is 0 Å². The molecule has 0 saturated carbocycles. The van der Waals surface area contributed by atoms with Crippen LogP contribution in [0.4, 0.5) is 0 Å². The minimum absolute atomic E-state index is 0.0227. The quantitative estimate of drug-likeness (QED) is 0.321. The Labute approximate surface area is 246 Å². The van der Waals surface area contributed by atoms with E-state index in [4.69, 9.17) is 23.7 Å². The molecule has 5 rings (SSSR count). The summed E-state index contributed by atoms with van der Waals surface area (Å²) in [5, 5.41) is 12.3. The lowest BCUT2D eigenvalue weighted by Gasteiger charge is -2.51. The molecule has 2 bridgehead atoms. The summed E-state index contributed by atoms with van der Waals surface area (Å²) in [4.78, 5) is 14.0. The number of esters is 1. The van der Waals surface area contributed by atoms with E-state index in [-0.39, 0.29) is 36.8 Å². The maximum atomic E-state index is 14.0. The van der Waals surface area contributed by atoms with E-state index < -0.39 is 35.5 Å². The van der Waals surface area contributed by atoms with Crippen LogP contribution in [-0.4, -0.2) is 66.7 Å². The van der Waals surface area contributed by atoms with Gasteiger partial charge in [0, 0.05) is 38.2 Å². The Morgan fingerprint density at radius 1 is 1.02 bits per heavy atom. The fraction of sp³-hybridized carbons (Fsp3) is 0.735. The Bertz CT molecular complexity index is 1110. The largest absolute Gasteiger partial charge is 0.462 e. The van der Waals surface area contributed by atoms with Crippen LogP contribution in [0.25, 0.3) is 0 Å². The molecule has 7 nitrogen and oxygen atoms in total. The highest BCUT2D eigenvalue weighted by molar-refractivity contribution is 5.78. The SMILES string of the molecule is COC1/C(C)=C/CC2CC(CC3(CC(C)C(C)C(C)O3)O2)OC(=O)C2C=C(C)C(C)C3OC/C(=C\C=C\C1C)C23O. The van der Waals surface area contributed by atoms with Gasteiger partial charge in [-0.05, 0) is 50.2 Å². The Kier molecular flexibility index (Phi) is 8.77. The van der Waals surface area contributed by atoms with E-state index in [2.05, 4.69) is 46.8 Å². The predicted octanol–water partition coefficient (Wildman–Crippen LogP) is 5.68. The maximum Gasteiger partial charge on any atom is 0.316 e. The van der Waals surface area contributed by atoms with E-state index in [1.807, 2.05) is 32.1 Å². The van der Waals surface area contributed by atoms with Crippen LogP contribution in [0.2, 0.25) is 0 Å². The topological polar surface area (TPSA) is 83.5 Å². The molecule has 41 heavy (non-hydrogen) atoms. The number of aliphatic hydroxyl groups is 1. The van der Waals surface area contributed by atoms with Crippen molar-refractivity contribution in [2.24, 2.45) is 29.6 Å². The Morgan fingerprint density at radius 2 is 1.78 bits per heavy atom. The van der Waals surface area contributed by atoms with Gasteiger partial charge >= 0.3 is 5.97 Å².